The zero-order valence-corrected chi connectivity index (χ0v) is 27.2. The van der Waals surface area contributed by atoms with Crippen molar-refractivity contribution < 1.29 is 14.2 Å². The summed E-state index contributed by atoms with van der Waals surface area (Å²) in [6.45, 7) is 14.8. The lowest BCUT2D eigenvalue weighted by molar-refractivity contribution is 0.0700. The van der Waals surface area contributed by atoms with Crippen molar-refractivity contribution in [3.05, 3.63) is 70.5 Å². The van der Waals surface area contributed by atoms with Gasteiger partial charge in [0.05, 0.1) is 17.9 Å². The molecular weight excluding hydrogens is 544 g/mol. The van der Waals surface area contributed by atoms with E-state index >= 15 is 0 Å². The first-order chi connectivity index (χ1) is 20.3. The number of thioether (sulfide) groups is 1. The maximum absolute atomic E-state index is 6.18. The molecule has 42 heavy (non-hydrogen) atoms. The van der Waals surface area contributed by atoms with E-state index in [1.807, 2.05) is 50.7 Å². The number of allylic oxidation sites excluding steroid dienone is 4. The first-order valence-corrected chi connectivity index (χ1v) is 16.2. The van der Waals surface area contributed by atoms with Gasteiger partial charge >= 0.3 is 0 Å². The van der Waals surface area contributed by atoms with Gasteiger partial charge in [0.25, 0.3) is 0 Å². The third kappa shape index (κ3) is 9.46. The van der Waals surface area contributed by atoms with Crippen LogP contribution in [0.1, 0.15) is 84.9 Å². The van der Waals surface area contributed by atoms with E-state index in [0.29, 0.717) is 12.2 Å². The average molecular weight is 593 g/mol. The Bertz CT molecular complexity index is 1300. The molecule has 0 aliphatic carbocycles. The third-order valence-electron chi connectivity index (χ3n) is 7.41. The third-order valence-corrected chi connectivity index (χ3v) is 8.51. The Balaban J connectivity index is 0.000000252. The highest BCUT2D eigenvalue weighted by Crippen LogP contribution is 2.37. The Morgan fingerprint density at radius 2 is 1.93 bits per heavy atom. The molecule has 2 unspecified atom stereocenters. The first-order valence-electron chi connectivity index (χ1n) is 15.0. The lowest BCUT2D eigenvalue weighted by Gasteiger charge is -2.14. The molecule has 0 spiro atoms. The van der Waals surface area contributed by atoms with Crippen molar-refractivity contribution in [3.8, 4) is 22.8 Å². The standard InChI is InChI=1S/C19H22N2O3S.C15H26N2/c1-12-3-5-15(24-12)8-25-9-16-13(2)20-10-21-19(16)14-4-6-17-18(7-14)23-11-22-17;1-6-9-10-11-14(13(5)17-8-3)15(16)12(4)7-2/h4,6-7,10,12,15H,3,5,8-9,11H2,1-2H3;8,10-11H,6-7,9,16H2,1-5H3/b;11-10-,14-13-,15-12-,17-8?. The van der Waals surface area contributed by atoms with Crippen LogP contribution in [0.25, 0.3) is 11.3 Å². The first kappa shape index (κ1) is 33.4. The molecule has 2 aliphatic rings. The zero-order chi connectivity index (χ0) is 30.5. The maximum Gasteiger partial charge on any atom is 0.231 e. The molecule has 0 radical (unpaired) electrons. The molecule has 4 rings (SSSR count). The molecular formula is C34H48N4O3S. The van der Waals surface area contributed by atoms with Crippen molar-refractivity contribution in [2.75, 3.05) is 12.5 Å². The van der Waals surface area contributed by atoms with Crippen molar-refractivity contribution in [1.82, 2.24) is 9.97 Å². The van der Waals surface area contributed by atoms with Gasteiger partial charge in [-0.05, 0) is 84.1 Å². The van der Waals surface area contributed by atoms with Gasteiger partial charge < -0.3 is 19.9 Å². The van der Waals surface area contributed by atoms with Crippen molar-refractivity contribution >= 4 is 18.0 Å². The van der Waals surface area contributed by atoms with E-state index < -0.39 is 0 Å². The van der Waals surface area contributed by atoms with Crippen LogP contribution in [0.2, 0.25) is 0 Å². The second kappa shape index (κ2) is 17.1. The van der Waals surface area contributed by atoms with Gasteiger partial charge in [0.2, 0.25) is 6.79 Å². The van der Waals surface area contributed by atoms with Gasteiger partial charge in [-0.1, -0.05) is 32.4 Å². The molecule has 1 saturated heterocycles. The van der Waals surface area contributed by atoms with Crippen molar-refractivity contribution in [3.63, 3.8) is 0 Å². The fourth-order valence-electron chi connectivity index (χ4n) is 4.72. The quantitative estimate of drug-likeness (QED) is 0.207. The Hall–Kier alpha value is -3.10. The number of rotatable bonds is 11. The largest absolute Gasteiger partial charge is 0.454 e. The Morgan fingerprint density at radius 1 is 1.14 bits per heavy atom. The number of nitrogens with two attached hydrogens (primary N) is 1. The smallest absolute Gasteiger partial charge is 0.231 e. The second-order valence-electron chi connectivity index (χ2n) is 10.6. The molecule has 2 aliphatic heterocycles. The summed E-state index contributed by atoms with van der Waals surface area (Å²) in [6, 6.07) is 5.98. The molecule has 0 amide bonds. The molecule has 1 aromatic carbocycles. The minimum absolute atomic E-state index is 0.282. The van der Waals surface area contributed by atoms with E-state index in [-0.39, 0.29) is 6.79 Å². The minimum Gasteiger partial charge on any atom is -0.454 e. The van der Waals surface area contributed by atoms with Crippen LogP contribution in [-0.2, 0) is 10.5 Å². The molecule has 1 aromatic heterocycles. The van der Waals surface area contributed by atoms with E-state index in [1.165, 1.54) is 17.6 Å². The van der Waals surface area contributed by atoms with Crippen molar-refractivity contribution in [2.24, 2.45) is 10.7 Å². The predicted molar refractivity (Wildman–Crippen MR) is 176 cm³/mol. The topological polar surface area (TPSA) is 91.9 Å². The van der Waals surface area contributed by atoms with Gasteiger partial charge in [0, 0.05) is 51.5 Å². The number of benzene rings is 1. The molecule has 1 fully saturated rings. The summed E-state index contributed by atoms with van der Waals surface area (Å²) in [5.41, 5.74) is 14.5. The van der Waals surface area contributed by atoms with Gasteiger partial charge in [-0.2, -0.15) is 11.8 Å². The molecule has 2 N–H and O–H groups in total. The fraction of sp³-hybridized carbons (Fsp3) is 0.500. The molecule has 2 aromatic rings. The summed E-state index contributed by atoms with van der Waals surface area (Å²) in [4.78, 5) is 13.3. The molecule has 2 atom stereocenters. The average Bonchev–Trinajstić information content (AvgIpc) is 3.64. The number of nitrogens with zero attached hydrogens (tertiary/aromatic N) is 3. The molecule has 0 saturated carbocycles. The van der Waals surface area contributed by atoms with Crippen molar-refractivity contribution in [1.29, 1.82) is 0 Å². The van der Waals surface area contributed by atoms with Crippen LogP contribution in [0.15, 0.2) is 64.2 Å². The lowest BCUT2D eigenvalue weighted by Crippen LogP contribution is -2.11. The van der Waals surface area contributed by atoms with Crippen LogP contribution in [0.4, 0.5) is 0 Å². The predicted octanol–water partition coefficient (Wildman–Crippen LogP) is 8.33. The highest BCUT2D eigenvalue weighted by Gasteiger charge is 2.22. The summed E-state index contributed by atoms with van der Waals surface area (Å²) >= 11 is 1.89. The fourth-order valence-corrected chi connectivity index (χ4v) is 5.90. The normalized spacial score (nSPS) is 19.1. The van der Waals surface area contributed by atoms with E-state index in [1.54, 1.807) is 12.5 Å². The number of ether oxygens (including phenoxy) is 3. The van der Waals surface area contributed by atoms with E-state index in [9.17, 15) is 0 Å². The number of aromatic nitrogens is 2. The molecule has 228 valence electrons. The zero-order valence-electron chi connectivity index (χ0n) is 26.4. The Kier molecular flexibility index (Phi) is 13.6. The summed E-state index contributed by atoms with van der Waals surface area (Å²) in [6.07, 6.45) is 14.0. The minimum atomic E-state index is 0.282. The summed E-state index contributed by atoms with van der Waals surface area (Å²) in [5, 5.41) is 0. The second-order valence-corrected chi connectivity index (χ2v) is 11.7. The number of aliphatic imine (C=N–C) groups is 1. The van der Waals surface area contributed by atoms with Gasteiger partial charge in [0.1, 0.15) is 6.33 Å². The van der Waals surface area contributed by atoms with E-state index in [0.717, 1.165) is 82.6 Å². The summed E-state index contributed by atoms with van der Waals surface area (Å²) < 4.78 is 16.8. The molecule has 7 nitrogen and oxygen atoms in total. The molecule has 0 bridgehead atoms. The highest BCUT2D eigenvalue weighted by atomic mass is 32.2. The van der Waals surface area contributed by atoms with Crippen LogP contribution in [-0.4, -0.2) is 40.9 Å². The van der Waals surface area contributed by atoms with Gasteiger partial charge in [-0.25, -0.2) is 9.97 Å². The van der Waals surface area contributed by atoms with Gasteiger partial charge in [-0.3, -0.25) is 4.99 Å². The van der Waals surface area contributed by atoms with Crippen LogP contribution in [0.5, 0.6) is 11.5 Å². The van der Waals surface area contributed by atoms with Crippen LogP contribution < -0.4 is 15.2 Å². The lowest BCUT2D eigenvalue weighted by atomic mass is 10.0. The maximum atomic E-state index is 6.18. The SMILES string of the molecule is CC=N/C(C)=C(/C=C\CCC)C(\N)=C(/C)CC.Cc1ncnc(-c2ccc3c(c2)OCO3)c1CSCC1CCC(C)O1. The number of hydrogen-bond donors (Lipinski definition) is 1. The number of unbranched alkanes of at least 4 members (excludes halogenated alkanes) is 1. The molecule has 8 heteroatoms. The van der Waals surface area contributed by atoms with Gasteiger partial charge in [0.15, 0.2) is 11.5 Å². The highest BCUT2D eigenvalue weighted by molar-refractivity contribution is 7.98. The monoisotopic (exact) mass is 592 g/mol. The van der Waals surface area contributed by atoms with E-state index in [2.05, 4.69) is 54.8 Å². The summed E-state index contributed by atoms with van der Waals surface area (Å²) in [7, 11) is 0. The molecule has 3 heterocycles. The number of hydrogen-bond acceptors (Lipinski definition) is 8. The number of aryl methyl sites for hydroxylation is 1. The Morgan fingerprint density at radius 3 is 2.62 bits per heavy atom. The van der Waals surface area contributed by atoms with Crippen LogP contribution >= 0.6 is 11.8 Å². The van der Waals surface area contributed by atoms with Crippen LogP contribution in [0, 0.1) is 6.92 Å². The Labute approximate surface area is 256 Å². The van der Waals surface area contributed by atoms with E-state index in [4.69, 9.17) is 19.9 Å². The van der Waals surface area contributed by atoms with Crippen molar-refractivity contribution in [2.45, 2.75) is 98.5 Å². The van der Waals surface area contributed by atoms with Crippen LogP contribution in [0.3, 0.4) is 0 Å². The van der Waals surface area contributed by atoms with Gasteiger partial charge in [-0.15, -0.1) is 0 Å². The number of fused-ring (bicyclic) bond motifs is 1. The summed E-state index contributed by atoms with van der Waals surface area (Å²) in [5.74, 6) is 3.46.